The first-order chi connectivity index (χ1) is 18.1. The molecule has 1 heterocycles. The van der Waals surface area contributed by atoms with Crippen LogP contribution in [0.25, 0.3) is 0 Å². The van der Waals surface area contributed by atoms with Crippen LogP contribution in [0.15, 0.2) is 30.3 Å². The van der Waals surface area contributed by atoms with Crippen molar-refractivity contribution in [3.63, 3.8) is 0 Å². The number of amides is 4. The van der Waals surface area contributed by atoms with Crippen LogP contribution in [0.1, 0.15) is 58.4 Å². The maximum absolute atomic E-state index is 13.6. The lowest BCUT2D eigenvalue weighted by Gasteiger charge is -2.39. The van der Waals surface area contributed by atoms with Gasteiger partial charge in [0.1, 0.15) is 12.6 Å². The highest BCUT2D eigenvalue weighted by atomic mass is 16.6. The van der Waals surface area contributed by atoms with Gasteiger partial charge in [0.05, 0.1) is 12.5 Å². The monoisotopic (exact) mass is 530 g/mol. The van der Waals surface area contributed by atoms with Crippen molar-refractivity contribution in [2.45, 2.75) is 65.5 Å². The van der Waals surface area contributed by atoms with Crippen LogP contribution >= 0.6 is 0 Å². The van der Waals surface area contributed by atoms with Gasteiger partial charge in [0.2, 0.25) is 18.2 Å². The summed E-state index contributed by atoms with van der Waals surface area (Å²) in [6, 6.07) is 8.66. The second-order valence-electron chi connectivity index (χ2n) is 11.5. The molecule has 1 saturated heterocycles. The molecule has 1 aliphatic carbocycles. The molecule has 1 aromatic rings. The molecule has 0 aromatic heterocycles. The Morgan fingerprint density at radius 3 is 2.26 bits per heavy atom. The Labute approximate surface area is 225 Å². The molecule has 1 saturated carbocycles. The van der Waals surface area contributed by atoms with Gasteiger partial charge in [-0.2, -0.15) is 0 Å². The topological polar surface area (TPSA) is 119 Å². The molecule has 1 unspecified atom stereocenters. The minimum absolute atomic E-state index is 0.110. The molecule has 1 aliphatic heterocycles. The van der Waals surface area contributed by atoms with Gasteiger partial charge < -0.3 is 19.9 Å². The highest BCUT2D eigenvalue weighted by Gasteiger charge is 2.39. The molecule has 0 spiro atoms. The smallest absolute Gasteiger partial charge is 0.410 e. The third-order valence-corrected chi connectivity index (χ3v) is 7.45. The lowest BCUT2D eigenvalue weighted by atomic mass is 9.84. The molecular formula is C28H42N4O6. The Morgan fingerprint density at radius 2 is 1.68 bits per heavy atom. The fourth-order valence-corrected chi connectivity index (χ4v) is 5.19. The molecule has 0 radical (unpaired) electrons. The van der Waals surface area contributed by atoms with Gasteiger partial charge in [0.25, 0.3) is 0 Å². The first kappa shape index (κ1) is 29.4. The van der Waals surface area contributed by atoms with Gasteiger partial charge in [-0.1, -0.05) is 76.8 Å². The molecule has 1 aromatic carbocycles. The van der Waals surface area contributed by atoms with E-state index in [0.29, 0.717) is 50.0 Å². The van der Waals surface area contributed by atoms with Crippen molar-refractivity contribution in [1.29, 1.82) is 0 Å². The van der Waals surface area contributed by atoms with Gasteiger partial charge in [-0.25, -0.2) is 9.86 Å². The van der Waals surface area contributed by atoms with E-state index < -0.39 is 23.5 Å². The Kier molecular flexibility index (Phi) is 10.5. The number of rotatable bonds is 10. The van der Waals surface area contributed by atoms with Crippen LogP contribution in [-0.2, 0) is 25.7 Å². The van der Waals surface area contributed by atoms with Crippen LogP contribution in [0.3, 0.4) is 0 Å². The number of ether oxygens (including phenoxy) is 1. The van der Waals surface area contributed by atoms with Crippen molar-refractivity contribution >= 4 is 24.3 Å². The number of hydrogen-bond acceptors (Lipinski definition) is 6. The Balaban J connectivity index is 1.58. The number of nitrogens with zero attached hydrogens (tertiary/aromatic N) is 3. The third kappa shape index (κ3) is 8.44. The van der Waals surface area contributed by atoms with Crippen LogP contribution in [0.4, 0.5) is 4.79 Å². The summed E-state index contributed by atoms with van der Waals surface area (Å²) in [7, 11) is 0. The van der Waals surface area contributed by atoms with Gasteiger partial charge in [-0.15, -0.1) is 0 Å². The van der Waals surface area contributed by atoms with E-state index in [1.165, 1.54) is 0 Å². The largest absolute Gasteiger partial charge is 0.445 e. The molecular weight excluding hydrogens is 488 g/mol. The van der Waals surface area contributed by atoms with Gasteiger partial charge in [0.15, 0.2) is 0 Å². The van der Waals surface area contributed by atoms with Gasteiger partial charge in [-0.3, -0.25) is 19.6 Å². The maximum Gasteiger partial charge on any atom is 0.410 e. The molecule has 2 N–H and O–H groups in total. The van der Waals surface area contributed by atoms with Gasteiger partial charge >= 0.3 is 6.09 Å². The van der Waals surface area contributed by atoms with E-state index in [1.807, 2.05) is 51.1 Å². The van der Waals surface area contributed by atoms with Crippen LogP contribution in [-0.4, -0.2) is 83.2 Å². The fourth-order valence-electron chi connectivity index (χ4n) is 5.19. The van der Waals surface area contributed by atoms with Crippen molar-refractivity contribution in [1.82, 2.24) is 20.2 Å². The summed E-state index contributed by atoms with van der Waals surface area (Å²) >= 11 is 0. The first-order valence-corrected chi connectivity index (χ1v) is 13.5. The molecule has 10 nitrogen and oxygen atoms in total. The lowest BCUT2D eigenvalue weighted by Crippen LogP contribution is -2.60. The Bertz CT molecular complexity index is 936. The van der Waals surface area contributed by atoms with E-state index >= 15 is 0 Å². The quantitative estimate of drug-likeness (QED) is 0.273. The van der Waals surface area contributed by atoms with E-state index in [9.17, 15) is 24.4 Å². The Hall–Kier alpha value is -3.14. The van der Waals surface area contributed by atoms with Gasteiger partial charge in [0, 0.05) is 26.2 Å². The zero-order valence-electron chi connectivity index (χ0n) is 22.8. The number of carbonyl (C=O) groups excluding carboxylic acids is 4. The summed E-state index contributed by atoms with van der Waals surface area (Å²) in [6.45, 7) is 7.11. The summed E-state index contributed by atoms with van der Waals surface area (Å²) in [4.78, 5) is 53.7. The SMILES string of the molecule is CC(C)(C)[C@H](NC(=O)C(CC1CCCC1)CN(O)C=O)C(=O)N1CCN(C(=O)OCc2ccccc2)CC1. The van der Waals surface area contributed by atoms with Gasteiger partial charge in [-0.05, 0) is 23.3 Å². The van der Waals surface area contributed by atoms with E-state index in [-0.39, 0.29) is 25.0 Å². The van der Waals surface area contributed by atoms with Crippen molar-refractivity contribution < 1.29 is 29.1 Å². The Morgan fingerprint density at radius 1 is 1.08 bits per heavy atom. The van der Waals surface area contributed by atoms with Crippen molar-refractivity contribution in [2.75, 3.05) is 32.7 Å². The third-order valence-electron chi connectivity index (χ3n) is 7.45. The van der Waals surface area contributed by atoms with E-state index in [0.717, 1.165) is 31.2 Å². The second kappa shape index (κ2) is 13.6. The standard InChI is InChI=1S/C28H42N4O6/c1-28(2,3)24(29-25(34)23(18-32(37)20-33)17-21-9-7-8-10-21)26(35)30-13-15-31(16-14-30)27(36)38-19-22-11-5-4-6-12-22/h4-6,11-12,20-21,23-24,37H,7-10,13-19H2,1-3H3,(H,29,34)/t23?,24-/m1/s1. The molecule has 2 atom stereocenters. The normalized spacial score (nSPS) is 18.0. The van der Waals surface area contributed by atoms with Crippen molar-refractivity contribution in [2.24, 2.45) is 17.3 Å². The molecule has 4 amide bonds. The number of hydrogen-bond donors (Lipinski definition) is 2. The summed E-state index contributed by atoms with van der Waals surface area (Å²) in [5, 5.41) is 13.2. The van der Waals surface area contributed by atoms with Crippen LogP contribution in [0.5, 0.6) is 0 Å². The first-order valence-electron chi connectivity index (χ1n) is 13.5. The number of benzene rings is 1. The summed E-state index contributed by atoms with van der Waals surface area (Å²) < 4.78 is 5.42. The number of hydroxylamine groups is 2. The zero-order chi connectivity index (χ0) is 27.7. The average Bonchev–Trinajstić information content (AvgIpc) is 3.42. The summed E-state index contributed by atoms with van der Waals surface area (Å²) in [5.74, 6) is -0.792. The maximum atomic E-state index is 13.6. The predicted octanol–water partition coefficient (Wildman–Crippen LogP) is 3.04. The minimum atomic E-state index is -0.791. The minimum Gasteiger partial charge on any atom is -0.445 e. The molecule has 38 heavy (non-hydrogen) atoms. The second-order valence-corrected chi connectivity index (χ2v) is 11.5. The van der Waals surface area contributed by atoms with Crippen LogP contribution in [0.2, 0.25) is 0 Å². The molecule has 2 fully saturated rings. The predicted molar refractivity (Wildman–Crippen MR) is 141 cm³/mol. The van der Waals surface area contributed by atoms with Crippen molar-refractivity contribution in [3.05, 3.63) is 35.9 Å². The van der Waals surface area contributed by atoms with E-state index in [1.54, 1.807) is 9.80 Å². The fraction of sp³-hybridized carbons (Fsp3) is 0.643. The number of nitrogens with one attached hydrogen (secondary N) is 1. The highest BCUT2D eigenvalue weighted by Crippen LogP contribution is 2.31. The van der Waals surface area contributed by atoms with Crippen molar-refractivity contribution in [3.8, 4) is 0 Å². The summed E-state index contributed by atoms with van der Waals surface area (Å²) in [5.41, 5.74) is 0.335. The van der Waals surface area contributed by atoms with E-state index in [4.69, 9.17) is 4.74 Å². The molecule has 10 heteroatoms. The van der Waals surface area contributed by atoms with Crippen LogP contribution < -0.4 is 5.32 Å². The number of carbonyl (C=O) groups is 4. The highest BCUT2D eigenvalue weighted by molar-refractivity contribution is 5.89. The summed E-state index contributed by atoms with van der Waals surface area (Å²) in [6.07, 6.45) is 4.72. The molecule has 2 aliphatic rings. The zero-order valence-corrected chi connectivity index (χ0v) is 22.8. The lowest BCUT2D eigenvalue weighted by molar-refractivity contribution is -0.156. The molecule has 3 rings (SSSR count). The number of piperazine rings is 1. The molecule has 0 bridgehead atoms. The van der Waals surface area contributed by atoms with E-state index in [2.05, 4.69) is 5.32 Å². The molecule has 210 valence electrons. The van der Waals surface area contributed by atoms with Crippen LogP contribution in [0, 0.1) is 17.3 Å². The average molecular weight is 531 g/mol.